The van der Waals surface area contributed by atoms with Gasteiger partial charge in [0.25, 0.3) is 0 Å². The van der Waals surface area contributed by atoms with Crippen molar-refractivity contribution in [2.24, 2.45) is 0 Å². The molecule has 0 amide bonds. The van der Waals surface area contributed by atoms with Crippen molar-refractivity contribution in [3.8, 4) is 0 Å². The molecule has 0 aliphatic carbocycles. The summed E-state index contributed by atoms with van der Waals surface area (Å²) in [6.07, 6.45) is 7.02. The zero-order chi connectivity index (χ0) is 22.0. The smallest absolute Gasteiger partial charge is 0.115 e. The fourth-order valence-electron chi connectivity index (χ4n) is 2.78. The largest absolute Gasteiger partial charge is 0.389 e. The van der Waals surface area contributed by atoms with Crippen LogP contribution in [0.1, 0.15) is 80.6 Å². The van der Waals surface area contributed by atoms with E-state index in [4.69, 9.17) is 0 Å². The van der Waals surface area contributed by atoms with Gasteiger partial charge < -0.3 is 5.11 Å². The highest BCUT2D eigenvalue weighted by Gasteiger charge is 2.02. The van der Waals surface area contributed by atoms with Crippen molar-refractivity contribution >= 4 is 0 Å². The lowest BCUT2D eigenvalue weighted by Gasteiger charge is -2.06. The molecule has 0 fully saturated rings. The molecule has 3 rings (SSSR count). The summed E-state index contributed by atoms with van der Waals surface area (Å²) >= 11 is 0. The first kappa shape index (κ1) is 24.5. The molecule has 158 valence electrons. The van der Waals surface area contributed by atoms with E-state index in [9.17, 15) is 5.11 Å². The van der Waals surface area contributed by atoms with Gasteiger partial charge in [-0.3, -0.25) is 4.68 Å². The molecule has 2 aromatic heterocycles. The molecule has 1 unspecified atom stereocenters. The first-order valence-electron chi connectivity index (χ1n) is 10.1. The van der Waals surface area contributed by atoms with Crippen LogP contribution < -0.4 is 0 Å². The highest BCUT2D eigenvalue weighted by molar-refractivity contribution is 5.26. The molecule has 0 saturated carbocycles. The normalized spacial score (nSPS) is 11.4. The number of aliphatic hydroxyl groups is 1. The van der Waals surface area contributed by atoms with Crippen LogP contribution in [0.25, 0.3) is 0 Å². The van der Waals surface area contributed by atoms with Crippen molar-refractivity contribution in [1.82, 2.24) is 19.7 Å². The Bertz CT molecular complexity index is 804. The second kappa shape index (κ2) is 12.1. The van der Waals surface area contributed by atoms with E-state index >= 15 is 0 Å². The lowest BCUT2D eigenvalue weighted by atomic mass is 10.1. The minimum atomic E-state index is -0.346. The third-order valence-corrected chi connectivity index (χ3v) is 4.38. The highest BCUT2D eigenvalue weighted by atomic mass is 16.3. The van der Waals surface area contributed by atoms with Crippen LogP contribution in [0.3, 0.4) is 0 Å². The summed E-state index contributed by atoms with van der Waals surface area (Å²) in [7, 11) is 0. The van der Waals surface area contributed by atoms with Crippen molar-refractivity contribution in [2.45, 2.75) is 73.5 Å². The second-order valence-corrected chi connectivity index (χ2v) is 7.87. The minimum absolute atomic E-state index is 0.346. The number of hydrogen-bond acceptors (Lipinski definition) is 4. The number of nitrogens with zero attached hydrogens (tertiary/aromatic N) is 4. The average Bonchev–Trinajstić information content (AvgIpc) is 3.10. The topological polar surface area (TPSA) is 63.8 Å². The predicted molar refractivity (Wildman–Crippen MR) is 120 cm³/mol. The van der Waals surface area contributed by atoms with Gasteiger partial charge in [-0.25, -0.2) is 9.97 Å². The maximum absolute atomic E-state index is 9.20. The van der Waals surface area contributed by atoms with Gasteiger partial charge in [0.15, 0.2) is 0 Å². The van der Waals surface area contributed by atoms with Gasteiger partial charge in [-0.1, -0.05) is 38.1 Å². The molecule has 0 radical (unpaired) electrons. The van der Waals surface area contributed by atoms with Crippen molar-refractivity contribution < 1.29 is 5.11 Å². The van der Waals surface area contributed by atoms with Crippen LogP contribution in [0.2, 0.25) is 0 Å². The van der Waals surface area contributed by atoms with E-state index in [0.717, 1.165) is 16.8 Å². The quantitative estimate of drug-likeness (QED) is 0.614. The van der Waals surface area contributed by atoms with Crippen LogP contribution in [0, 0.1) is 20.8 Å². The van der Waals surface area contributed by atoms with Crippen LogP contribution in [0.4, 0.5) is 0 Å². The van der Waals surface area contributed by atoms with E-state index in [2.05, 4.69) is 42.8 Å². The van der Waals surface area contributed by atoms with Crippen LogP contribution >= 0.6 is 0 Å². The SMILES string of the molecule is Cc1ccccc1C(C)O.Cc1cncnc1C(C)C.Cc1cnn(C(C)C)c1. The Labute approximate surface area is 175 Å². The van der Waals surface area contributed by atoms with E-state index in [0.29, 0.717) is 12.0 Å². The number of aromatic nitrogens is 4. The number of aryl methyl sites for hydroxylation is 3. The number of benzene rings is 1. The second-order valence-electron chi connectivity index (χ2n) is 7.87. The molecule has 5 heteroatoms. The lowest BCUT2D eigenvalue weighted by Crippen LogP contribution is -1.99. The van der Waals surface area contributed by atoms with Crippen molar-refractivity contribution in [2.75, 3.05) is 0 Å². The molecule has 0 aliphatic rings. The molecule has 0 spiro atoms. The minimum Gasteiger partial charge on any atom is -0.389 e. The van der Waals surface area contributed by atoms with Crippen molar-refractivity contribution in [3.63, 3.8) is 0 Å². The summed E-state index contributed by atoms with van der Waals surface area (Å²) in [5.74, 6) is 0.503. The predicted octanol–water partition coefficient (Wildman–Crippen LogP) is 5.73. The fraction of sp³-hybridized carbons (Fsp3) is 0.458. The summed E-state index contributed by atoms with van der Waals surface area (Å²) in [5.41, 5.74) is 5.72. The third kappa shape index (κ3) is 8.57. The van der Waals surface area contributed by atoms with Crippen molar-refractivity contribution in [3.05, 3.63) is 77.1 Å². The van der Waals surface area contributed by atoms with Gasteiger partial charge in [-0.2, -0.15) is 5.10 Å². The lowest BCUT2D eigenvalue weighted by molar-refractivity contribution is 0.198. The van der Waals surface area contributed by atoms with Crippen LogP contribution in [0.5, 0.6) is 0 Å². The summed E-state index contributed by atoms with van der Waals surface area (Å²) in [4.78, 5) is 8.08. The molecule has 1 atom stereocenters. The standard InChI is InChI=1S/C9H12O.C8H12N2.C7H12N2/c1-7-5-3-4-6-9(7)8(2)10;1-6(2)8-7(3)4-9-5-10-8;1-6(2)9-5-7(3)4-8-9/h3-6,8,10H,1-2H3;4-6H,1-3H3;4-6H,1-3H3. The van der Waals surface area contributed by atoms with E-state index in [1.807, 2.05) is 68.3 Å². The fourth-order valence-corrected chi connectivity index (χ4v) is 2.78. The number of hydrogen-bond donors (Lipinski definition) is 1. The molecule has 2 heterocycles. The third-order valence-electron chi connectivity index (χ3n) is 4.38. The molecule has 0 bridgehead atoms. The Balaban J connectivity index is 0.000000218. The Morgan fingerprint density at radius 3 is 1.90 bits per heavy atom. The molecule has 3 aromatic rings. The zero-order valence-electron chi connectivity index (χ0n) is 19.1. The first-order valence-corrected chi connectivity index (χ1v) is 10.1. The Kier molecular flexibility index (Phi) is 10.2. The zero-order valence-corrected chi connectivity index (χ0v) is 19.1. The van der Waals surface area contributed by atoms with Crippen LogP contribution in [0.15, 0.2) is 49.2 Å². The first-order chi connectivity index (χ1) is 13.6. The van der Waals surface area contributed by atoms with Gasteiger partial charge >= 0.3 is 0 Å². The Morgan fingerprint density at radius 1 is 0.897 bits per heavy atom. The molecule has 29 heavy (non-hydrogen) atoms. The van der Waals surface area contributed by atoms with Gasteiger partial charge in [0.2, 0.25) is 0 Å². The van der Waals surface area contributed by atoms with E-state index < -0.39 is 0 Å². The molecule has 1 aromatic carbocycles. The number of aliphatic hydroxyl groups excluding tert-OH is 1. The van der Waals surface area contributed by atoms with E-state index in [-0.39, 0.29) is 6.10 Å². The molecule has 1 N–H and O–H groups in total. The van der Waals surface area contributed by atoms with Gasteiger partial charge in [0, 0.05) is 24.1 Å². The number of rotatable bonds is 3. The summed E-state index contributed by atoms with van der Waals surface area (Å²) in [6.45, 7) is 16.4. The molecule has 0 aliphatic heterocycles. The van der Waals surface area contributed by atoms with Gasteiger partial charge in [-0.15, -0.1) is 0 Å². The Morgan fingerprint density at radius 2 is 1.55 bits per heavy atom. The summed E-state index contributed by atoms with van der Waals surface area (Å²) < 4.78 is 1.95. The summed E-state index contributed by atoms with van der Waals surface area (Å²) in [5, 5.41) is 13.3. The van der Waals surface area contributed by atoms with Crippen LogP contribution in [-0.4, -0.2) is 24.9 Å². The van der Waals surface area contributed by atoms with Gasteiger partial charge in [-0.05, 0) is 69.7 Å². The highest BCUT2D eigenvalue weighted by Crippen LogP contribution is 2.15. The monoisotopic (exact) mass is 396 g/mol. The molecule has 0 saturated heterocycles. The average molecular weight is 397 g/mol. The van der Waals surface area contributed by atoms with Gasteiger partial charge in [0.05, 0.1) is 12.3 Å². The maximum Gasteiger partial charge on any atom is 0.115 e. The summed E-state index contributed by atoms with van der Waals surface area (Å²) in [6, 6.07) is 8.34. The van der Waals surface area contributed by atoms with E-state index in [1.54, 1.807) is 13.3 Å². The molecular weight excluding hydrogens is 360 g/mol. The van der Waals surface area contributed by atoms with Crippen molar-refractivity contribution in [1.29, 1.82) is 0 Å². The Hall–Kier alpha value is -2.53. The van der Waals surface area contributed by atoms with Crippen LogP contribution in [-0.2, 0) is 0 Å². The molecular formula is C24H36N4O. The van der Waals surface area contributed by atoms with E-state index in [1.165, 1.54) is 11.1 Å². The maximum atomic E-state index is 9.20. The molecule has 5 nitrogen and oxygen atoms in total. The van der Waals surface area contributed by atoms with Gasteiger partial charge in [0.1, 0.15) is 6.33 Å².